The second-order valence-corrected chi connectivity index (χ2v) is 5.07. The van der Waals surface area contributed by atoms with E-state index in [1.54, 1.807) is 0 Å². The van der Waals surface area contributed by atoms with Crippen molar-refractivity contribution in [3.63, 3.8) is 0 Å². The Labute approximate surface area is 103 Å². The van der Waals surface area contributed by atoms with Crippen LogP contribution < -0.4 is 4.90 Å². The van der Waals surface area contributed by atoms with Crippen molar-refractivity contribution in [3.8, 4) is 6.07 Å². The zero-order valence-electron chi connectivity index (χ0n) is 10.7. The van der Waals surface area contributed by atoms with Crippen LogP contribution in [-0.4, -0.2) is 38.1 Å². The van der Waals surface area contributed by atoms with Gasteiger partial charge in [-0.1, -0.05) is 6.92 Å². The molecule has 1 heterocycles. The predicted octanol–water partition coefficient (Wildman–Crippen LogP) is 1.94. The van der Waals surface area contributed by atoms with E-state index in [0.29, 0.717) is 12.0 Å². The van der Waals surface area contributed by atoms with Gasteiger partial charge < -0.3 is 9.80 Å². The first-order chi connectivity index (χ1) is 8.11. The fraction of sp³-hybridized carbons (Fsp3) is 0.500. The van der Waals surface area contributed by atoms with Gasteiger partial charge in [-0.05, 0) is 44.3 Å². The second-order valence-electron chi connectivity index (χ2n) is 5.07. The Kier molecular flexibility index (Phi) is 3.35. The first-order valence-electron chi connectivity index (χ1n) is 6.03. The molecule has 2 atom stereocenters. The summed E-state index contributed by atoms with van der Waals surface area (Å²) in [6.07, 6.45) is 0. The molecule has 0 amide bonds. The monoisotopic (exact) mass is 229 g/mol. The van der Waals surface area contributed by atoms with E-state index in [4.69, 9.17) is 5.26 Å². The van der Waals surface area contributed by atoms with Crippen LogP contribution >= 0.6 is 0 Å². The second kappa shape index (κ2) is 4.77. The Hall–Kier alpha value is -1.53. The highest BCUT2D eigenvalue weighted by atomic mass is 15.2. The smallest absolute Gasteiger partial charge is 0.0991 e. The maximum absolute atomic E-state index is 8.78. The number of hydrogen-bond donors (Lipinski definition) is 0. The normalized spacial score (nSPS) is 24.1. The van der Waals surface area contributed by atoms with Crippen LogP contribution in [0.15, 0.2) is 24.3 Å². The van der Waals surface area contributed by atoms with Gasteiger partial charge in [0.15, 0.2) is 0 Å². The lowest BCUT2D eigenvalue weighted by Gasteiger charge is -2.23. The zero-order valence-corrected chi connectivity index (χ0v) is 10.7. The van der Waals surface area contributed by atoms with E-state index < -0.39 is 0 Å². The van der Waals surface area contributed by atoms with Gasteiger partial charge in [0, 0.05) is 24.8 Å². The van der Waals surface area contributed by atoms with E-state index in [1.165, 1.54) is 5.69 Å². The number of rotatable bonds is 2. The number of hydrogen-bond acceptors (Lipinski definition) is 3. The van der Waals surface area contributed by atoms with Crippen molar-refractivity contribution in [3.05, 3.63) is 29.8 Å². The molecule has 0 radical (unpaired) electrons. The first-order valence-corrected chi connectivity index (χ1v) is 6.03. The van der Waals surface area contributed by atoms with E-state index in [9.17, 15) is 0 Å². The van der Waals surface area contributed by atoms with E-state index >= 15 is 0 Å². The average Bonchev–Trinajstić information content (AvgIpc) is 2.71. The summed E-state index contributed by atoms with van der Waals surface area (Å²) in [5, 5.41) is 8.78. The molecule has 17 heavy (non-hydrogen) atoms. The van der Waals surface area contributed by atoms with E-state index in [1.807, 2.05) is 24.3 Å². The molecule has 3 heteroatoms. The standard InChI is InChI=1S/C14H19N3/c1-11-9-17(10-14(11)16(2)3)13-6-4-12(8-15)5-7-13/h4-7,11,14H,9-10H2,1-3H3. The molecule has 0 aliphatic carbocycles. The number of likely N-dealkylation sites (N-methyl/N-ethyl adjacent to an activating group) is 1. The van der Waals surface area contributed by atoms with Gasteiger partial charge in [-0.15, -0.1) is 0 Å². The molecule has 1 aliphatic heterocycles. The molecule has 0 N–H and O–H groups in total. The Morgan fingerprint density at radius 3 is 2.35 bits per heavy atom. The van der Waals surface area contributed by atoms with E-state index in [0.717, 1.165) is 18.7 Å². The van der Waals surface area contributed by atoms with Crippen molar-refractivity contribution >= 4 is 5.69 Å². The van der Waals surface area contributed by atoms with Gasteiger partial charge in [0.25, 0.3) is 0 Å². The Morgan fingerprint density at radius 2 is 1.88 bits per heavy atom. The quantitative estimate of drug-likeness (QED) is 0.776. The minimum atomic E-state index is 0.616. The number of anilines is 1. The molecule has 2 rings (SSSR count). The van der Waals surface area contributed by atoms with Gasteiger partial charge >= 0.3 is 0 Å². The van der Waals surface area contributed by atoms with Crippen molar-refractivity contribution in [1.82, 2.24) is 4.90 Å². The summed E-state index contributed by atoms with van der Waals surface area (Å²) < 4.78 is 0. The van der Waals surface area contributed by atoms with Crippen molar-refractivity contribution in [2.45, 2.75) is 13.0 Å². The van der Waals surface area contributed by atoms with Gasteiger partial charge in [0.05, 0.1) is 11.6 Å². The minimum Gasteiger partial charge on any atom is -0.370 e. The summed E-state index contributed by atoms with van der Waals surface area (Å²) in [4.78, 5) is 4.70. The maximum atomic E-state index is 8.78. The van der Waals surface area contributed by atoms with Gasteiger partial charge in [0.1, 0.15) is 0 Å². The molecule has 0 saturated carbocycles. The molecule has 0 aromatic heterocycles. The fourth-order valence-corrected chi connectivity index (χ4v) is 2.58. The van der Waals surface area contributed by atoms with Gasteiger partial charge in [-0.3, -0.25) is 0 Å². The maximum Gasteiger partial charge on any atom is 0.0991 e. The third-order valence-corrected chi connectivity index (χ3v) is 3.60. The molecule has 0 bridgehead atoms. The summed E-state index contributed by atoms with van der Waals surface area (Å²) >= 11 is 0. The van der Waals surface area contributed by atoms with Crippen LogP contribution in [0.3, 0.4) is 0 Å². The topological polar surface area (TPSA) is 30.3 Å². The lowest BCUT2D eigenvalue weighted by molar-refractivity contribution is 0.266. The average molecular weight is 229 g/mol. The Balaban J connectivity index is 2.12. The predicted molar refractivity (Wildman–Crippen MR) is 70.0 cm³/mol. The summed E-state index contributed by atoms with van der Waals surface area (Å²) in [6.45, 7) is 4.46. The molecule has 2 unspecified atom stereocenters. The third-order valence-electron chi connectivity index (χ3n) is 3.60. The van der Waals surface area contributed by atoms with Gasteiger partial charge in [0.2, 0.25) is 0 Å². The van der Waals surface area contributed by atoms with Crippen molar-refractivity contribution in [2.75, 3.05) is 32.1 Å². The van der Waals surface area contributed by atoms with Crippen molar-refractivity contribution < 1.29 is 0 Å². The zero-order chi connectivity index (χ0) is 12.4. The molecule has 90 valence electrons. The SMILES string of the molecule is CC1CN(c2ccc(C#N)cc2)CC1N(C)C. The lowest BCUT2D eigenvalue weighted by atomic mass is 10.1. The Morgan fingerprint density at radius 1 is 1.24 bits per heavy atom. The fourth-order valence-electron chi connectivity index (χ4n) is 2.58. The molecule has 1 aromatic rings. The molecular weight excluding hydrogens is 210 g/mol. The highest BCUT2D eigenvalue weighted by Gasteiger charge is 2.30. The van der Waals surface area contributed by atoms with Crippen LogP contribution in [0.2, 0.25) is 0 Å². The largest absolute Gasteiger partial charge is 0.370 e. The summed E-state index contributed by atoms with van der Waals surface area (Å²) in [6, 6.07) is 10.6. The Bertz CT molecular complexity index is 416. The van der Waals surface area contributed by atoms with Crippen LogP contribution in [0.5, 0.6) is 0 Å². The van der Waals surface area contributed by atoms with Crippen LogP contribution in [0.25, 0.3) is 0 Å². The van der Waals surface area contributed by atoms with Gasteiger partial charge in [-0.25, -0.2) is 0 Å². The molecular formula is C14H19N3. The molecule has 3 nitrogen and oxygen atoms in total. The number of benzene rings is 1. The third kappa shape index (κ3) is 2.42. The molecule has 1 aliphatic rings. The van der Waals surface area contributed by atoms with E-state index in [2.05, 4.69) is 36.9 Å². The molecule has 0 spiro atoms. The lowest BCUT2D eigenvalue weighted by Crippen LogP contribution is -2.34. The van der Waals surface area contributed by atoms with Gasteiger partial charge in [-0.2, -0.15) is 5.26 Å². The summed E-state index contributed by atoms with van der Waals surface area (Å²) in [5.74, 6) is 0.681. The van der Waals surface area contributed by atoms with Crippen LogP contribution in [0.1, 0.15) is 12.5 Å². The molecule has 1 fully saturated rings. The highest BCUT2D eigenvalue weighted by Crippen LogP contribution is 2.26. The summed E-state index contributed by atoms with van der Waals surface area (Å²) in [5.41, 5.74) is 1.95. The molecule has 1 saturated heterocycles. The minimum absolute atomic E-state index is 0.616. The number of nitriles is 1. The molecule has 1 aromatic carbocycles. The first kappa shape index (κ1) is 11.9. The van der Waals surface area contributed by atoms with Crippen molar-refractivity contribution in [2.24, 2.45) is 5.92 Å². The summed E-state index contributed by atoms with van der Waals surface area (Å²) in [7, 11) is 4.28. The van der Waals surface area contributed by atoms with Crippen molar-refractivity contribution in [1.29, 1.82) is 5.26 Å². The van der Waals surface area contributed by atoms with Crippen LogP contribution in [0, 0.1) is 17.2 Å². The van der Waals surface area contributed by atoms with Crippen LogP contribution in [-0.2, 0) is 0 Å². The number of nitrogens with zero attached hydrogens (tertiary/aromatic N) is 3. The van der Waals surface area contributed by atoms with E-state index in [-0.39, 0.29) is 0 Å². The van der Waals surface area contributed by atoms with Crippen LogP contribution in [0.4, 0.5) is 5.69 Å². The highest BCUT2D eigenvalue weighted by molar-refractivity contribution is 5.50.